The summed E-state index contributed by atoms with van der Waals surface area (Å²) in [6.07, 6.45) is 0.712. The maximum Gasteiger partial charge on any atom is 0.304 e. The van der Waals surface area contributed by atoms with Crippen molar-refractivity contribution in [1.82, 2.24) is 9.71 Å². The van der Waals surface area contributed by atoms with Crippen molar-refractivity contribution in [1.29, 1.82) is 0 Å². The average molecular weight is 313 g/mol. The molecule has 0 radical (unpaired) electrons. The van der Waals surface area contributed by atoms with E-state index in [2.05, 4.69) is 9.71 Å². The van der Waals surface area contributed by atoms with Crippen LogP contribution in [-0.4, -0.2) is 19.9 Å². The van der Waals surface area contributed by atoms with Gasteiger partial charge < -0.3 is 10.7 Å². The van der Waals surface area contributed by atoms with Crippen LogP contribution < -0.4 is 15.3 Å². The number of nitrogens with one attached hydrogen (secondary N) is 2. The van der Waals surface area contributed by atoms with E-state index in [0.29, 0.717) is 18.7 Å². The van der Waals surface area contributed by atoms with Crippen molar-refractivity contribution in [2.75, 3.05) is 6.54 Å². The zero-order chi connectivity index (χ0) is 14.6. The highest BCUT2D eigenvalue weighted by Gasteiger charge is 2.13. The summed E-state index contributed by atoms with van der Waals surface area (Å²) in [5, 5.41) is 1.59. The molecule has 4 N–H and O–H groups in total. The molecule has 0 fully saturated rings. The van der Waals surface area contributed by atoms with Crippen LogP contribution in [0.1, 0.15) is 11.3 Å². The van der Waals surface area contributed by atoms with E-state index < -0.39 is 10.0 Å². The van der Waals surface area contributed by atoms with Gasteiger partial charge in [-0.15, -0.1) is 0 Å². The molecule has 0 spiro atoms. The van der Waals surface area contributed by atoms with Gasteiger partial charge >= 0.3 is 4.87 Å². The number of aromatic nitrogens is 1. The zero-order valence-corrected chi connectivity index (χ0v) is 12.3. The molecule has 20 heavy (non-hydrogen) atoms. The van der Waals surface area contributed by atoms with Gasteiger partial charge in [0.25, 0.3) is 0 Å². The first-order valence-corrected chi connectivity index (χ1v) is 8.33. The van der Waals surface area contributed by atoms with Gasteiger partial charge in [0.15, 0.2) is 0 Å². The van der Waals surface area contributed by atoms with E-state index >= 15 is 0 Å². The minimum atomic E-state index is -3.58. The third kappa shape index (κ3) is 3.76. The summed E-state index contributed by atoms with van der Waals surface area (Å²) >= 11 is 1.00. The highest BCUT2D eigenvalue weighted by atomic mass is 32.2. The van der Waals surface area contributed by atoms with Crippen LogP contribution in [0.25, 0.3) is 0 Å². The van der Waals surface area contributed by atoms with Crippen molar-refractivity contribution in [3.63, 3.8) is 0 Å². The first-order valence-electron chi connectivity index (χ1n) is 5.96. The molecule has 8 heteroatoms. The van der Waals surface area contributed by atoms with Crippen molar-refractivity contribution >= 4 is 21.4 Å². The van der Waals surface area contributed by atoms with E-state index in [0.717, 1.165) is 16.9 Å². The lowest BCUT2D eigenvalue weighted by atomic mass is 10.2. The number of rotatable bonds is 6. The Morgan fingerprint density at radius 3 is 2.50 bits per heavy atom. The Bertz CT molecular complexity index is 717. The van der Waals surface area contributed by atoms with Crippen LogP contribution in [-0.2, 0) is 23.0 Å². The highest BCUT2D eigenvalue weighted by molar-refractivity contribution is 7.89. The first kappa shape index (κ1) is 14.9. The lowest BCUT2D eigenvalue weighted by molar-refractivity contribution is 0.580. The maximum atomic E-state index is 12.1. The van der Waals surface area contributed by atoms with Crippen LogP contribution in [0.5, 0.6) is 0 Å². The van der Waals surface area contributed by atoms with E-state index in [1.807, 2.05) is 0 Å². The van der Waals surface area contributed by atoms with Crippen molar-refractivity contribution in [2.24, 2.45) is 5.73 Å². The second-order valence-electron chi connectivity index (χ2n) is 4.18. The van der Waals surface area contributed by atoms with E-state index in [1.165, 1.54) is 0 Å². The first-order chi connectivity index (χ1) is 9.51. The number of hydrogen-bond acceptors (Lipinski definition) is 5. The molecule has 1 aromatic carbocycles. The molecule has 0 bridgehead atoms. The van der Waals surface area contributed by atoms with Crippen molar-refractivity contribution in [3.8, 4) is 0 Å². The number of thiazole rings is 1. The third-order valence-electron chi connectivity index (χ3n) is 2.69. The molecule has 0 saturated heterocycles. The largest absolute Gasteiger partial charge is 0.330 e. The summed E-state index contributed by atoms with van der Waals surface area (Å²) in [6.45, 7) is 0.585. The number of hydrogen-bond donors (Lipinski definition) is 3. The summed E-state index contributed by atoms with van der Waals surface area (Å²) in [7, 11) is -3.58. The lowest BCUT2D eigenvalue weighted by Crippen LogP contribution is -2.23. The monoisotopic (exact) mass is 313 g/mol. The highest BCUT2D eigenvalue weighted by Crippen LogP contribution is 2.11. The summed E-state index contributed by atoms with van der Waals surface area (Å²) in [5.74, 6) is 0. The van der Waals surface area contributed by atoms with E-state index in [1.54, 1.807) is 29.6 Å². The fourth-order valence-electron chi connectivity index (χ4n) is 1.66. The third-order valence-corrected chi connectivity index (χ3v) is 4.83. The molecule has 6 nitrogen and oxygen atoms in total. The molecule has 0 aliphatic rings. The summed E-state index contributed by atoms with van der Waals surface area (Å²) < 4.78 is 26.6. The van der Waals surface area contributed by atoms with Gasteiger partial charge in [0.2, 0.25) is 10.0 Å². The summed E-state index contributed by atoms with van der Waals surface area (Å²) in [4.78, 5) is 13.5. The van der Waals surface area contributed by atoms with Gasteiger partial charge in [-0.2, -0.15) is 0 Å². The predicted octanol–water partition coefficient (Wildman–Crippen LogP) is 0.416. The quantitative estimate of drug-likeness (QED) is 0.718. The predicted molar refractivity (Wildman–Crippen MR) is 78.2 cm³/mol. The Balaban J connectivity index is 2.07. The lowest BCUT2D eigenvalue weighted by Gasteiger charge is -2.06. The Kier molecular flexibility index (Phi) is 4.71. The van der Waals surface area contributed by atoms with Gasteiger partial charge in [0.05, 0.1) is 11.4 Å². The molecule has 2 rings (SSSR count). The van der Waals surface area contributed by atoms with Gasteiger partial charge in [0, 0.05) is 11.1 Å². The molecule has 1 heterocycles. The van der Waals surface area contributed by atoms with E-state index in [4.69, 9.17) is 5.73 Å². The fourth-order valence-corrected chi connectivity index (χ4v) is 3.25. The smallest absolute Gasteiger partial charge is 0.304 e. The van der Waals surface area contributed by atoms with Crippen LogP contribution in [0.4, 0.5) is 0 Å². The van der Waals surface area contributed by atoms with Gasteiger partial charge in [-0.3, -0.25) is 4.79 Å². The van der Waals surface area contributed by atoms with Crippen LogP contribution in [0, 0.1) is 0 Å². The molecular weight excluding hydrogens is 298 g/mol. The summed E-state index contributed by atoms with van der Waals surface area (Å²) in [5.41, 5.74) is 6.98. The second kappa shape index (κ2) is 6.31. The van der Waals surface area contributed by atoms with Crippen LogP contribution >= 0.6 is 11.3 Å². The number of sulfonamides is 1. The maximum absolute atomic E-state index is 12.1. The van der Waals surface area contributed by atoms with E-state index in [9.17, 15) is 13.2 Å². The van der Waals surface area contributed by atoms with Crippen molar-refractivity contribution in [2.45, 2.75) is 17.9 Å². The molecule has 0 aliphatic carbocycles. The SMILES string of the molecule is NCCc1ccc(S(=O)(=O)NCc2csc(=O)[nH]2)cc1. The topological polar surface area (TPSA) is 105 Å². The molecule has 0 aliphatic heterocycles. The number of nitrogens with two attached hydrogens (primary N) is 1. The molecule has 0 amide bonds. The molecule has 0 atom stereocenters. The minimum Gasteiger partial charge on any atom is -0.330 e. The Labute approximate surface area is 120 Å². The standard InChI is InChI=1S/C12H15N3O3S2/c13-6-5-9-1-3-11(4-2-9)20(17,18)14-7-10-8-19-12(16)15-10/h1-4,8,14H,5-7,13H2,(H,15,16). The normalized spacial score (nSPS) is 11.7. The average Bonchev–Trinajstić information content (AvgIpc) is 2.84. The fraction of sp³-hybridized carbons (Fsp3) is 0.250. The molecule has 108 valence electrons. The second-order valence-corrected chi connectivity index (χ2v) is 6.79. The molecule has 2 aromatic rings. The van der Waals surface area contributed by atoms with Gasteiger partial charge in [-0.25, -0.2) is 13.1 Å². The minimum absolute atomic E-state index is 0.0611. The zero-order valence-electron chi connectivity index (χ0n) is 10.6. The van der Waals surface area contributed by atoms with Gasteiger partial charge in [-0.05, 0) is 30.7 Å². The van der Waals surface area contributed by atoms with Crippen LogP contribution in [0.3, 0.4) is 0 Å². The Morgan fingerprint density at radius 2 is 1.95 bits per heavy atom. The Morgan fingerprint density at radius 1 is 1.25 bits per heavy atom. The number of aromatic amines is 1. The van der Waals surface area contributed by atoms with Gasteiger partial charge in [-0.1, -0.05) is 23.5 Å². The molecule has 0 unspecified atom stereocenters. The van der Waals surface area contributed by atoms with Crippen molar-refractivity contribution < 1.29 is 8.42 Å². The summed E-state index contributed by atoms with van der Waals surface area (Å²) in [6, 6.07) is 6.58. The van der Waals surface area contributed by atoms with Gasteiger partial charge in [0.1, 0.15) is 0 Å². The molecule has 1 aromatic heterocycles. The Hall–Kier alpha value is -1.48. The number of H-pyrrole nitrogens is 1. The van der Waals surface area contributed by atoms with Crippen LogP contribution in [0.2, 0.25) is 0 Å². The van der Waals surface area contributed by atoms with Crippen molar-refractivity contribution in [3.05, 3.63) is 50.6 Å². The number of benzene rings is 1. The van der Waals surface area contributed by atoms with E-state index in [-0.39, 0.29) is 16.3 Å². The molecular formula is C12H15N3O3S2. The van der Waals surface area contributed by atoms with Crippen LogP contribution in [0.15, 0.2) is 39.3 Å². The molecule has 0 saturated carbocycles.